The second kappa shape index (κ2) is 4.19. The lowest BCUT2D eigenvalue weighted by atomic mass is 10.3. The minimum atomic E-state index is 1.19. The predicted molar refractivity (Wildman–Crippen MR) is 42.2 cm³/mol. The average Bonchev–Trinajstić information content (AvgIpc) is 1.83. The Bertz CT molecular complexity index is 128. The third-order valence-electron chi connectivity index (χ3n) is 1.06. The van der Waals surface area contributed by atoms with Crippen LogP contribution in [0.25, 0.3) is 0 Å². The normalized spacial score (nSPS) is 10.9. The van der Waals surface area contributed by atoms with Crippen LogP contribution in [-0.4, -0.2) is 7.05 Å². The van der Waals surface area contributed by atoms with Crippen molar-refractivity contribution < 1.29 is 0 Å². The molecule has 0 aromatic rings. The molecule has 0 spiro atoms. The van der Waals surface area contributed by atoms with E-state index in [1.165, 1.54) is 11.3 Å². The van der Waals surface area contributed by atoms with Crippen LogP contribution in [0.3, 0.4) is 0 Å². The molecule has 52 valence electrons. The Morgan fingerprint density at radius 1 is 1.11 bits per heavy atom. The molecule has 0 radical (unpaired) electrons. The van der Waals surface area contributed by atoms with E-state index in [4.69, 9.17) is 0 Å². The third kappa shape index (κ3) is 5.15. The molecule has 0 aliphatic rings. The molecule has 9 heavy (non-hydrogen) atoms. The van der Waals surface area contributed by atoms with Crippen molar-refractivity contribution in [3.8, 4) is 0 Å². The molecular weight excluding hydrogens is 110 g/mol. The van der Waals surface area contributed by atoms with Gasteiger partial charge in [-0.2, -0.15) is 0 Å². The third-order valence-corrected chi connectivity index (χ3v) is 1.06. The molecule has 0 aliphatic carbocycles. The van der Waals surface area contributed by atoms with Crippen LogP contribution in [0.15, 0.2) is 23.4 Å². The Balaban J connectivity index is 3.83. The molecule has 0 amide bonds. The number of rotatable bonds is 2. The molecule has 1 nitrogen and oxygen atoms in total. The summed E-state index contributed by atoms with van der Waals surface area (Å²) in [4.78, 5) is 0. The van der Waals surface area contributed by atoms with Gasteiger partial charge in [0.2, 0.25) is 0 Å². The van der Waals surface area contributed by atoms with E-state index in [1.54, 1.807) is 0 Å². The van der Waals surface area contributed by atoms with Gasteiger partial charge in [-0.15, -0.1) is 0 Å². The molecule has 1 N–H and O–H groups in total. The van der Waals surface area contributed by atoms with Crippen molar-refractivity contribution in [3.05, 3.63) is 23.4 Å². The summed E-state index contributed by atoms with van der Waals surface area (Å²) in [5.74, 6) is 0. The first-order valence-corrected chi connectivity index (χ1v) is 3.16. The number of allylic oxidation sites excluding steroid dienone is 4. The van der Waals surface area contributed by atoms with Gasteiger partial charge < -0.3 is 5.32 Å². The van der Waals surface area contributed by atoms with Gasteiger partial charge in [-0.05, 0) is 26.8 Å². The zero-order chi connectivity index (χ0) is 7.28. The number of hydrogen-bond acceptors (Lipinski definition) is 1. The van der Waals surface area contributed by atoms with E-state index in [-0.39, 0.29) is 0 Å². The Kier molecular flexibility index (Phi) is 3.85. The van der Waals surface area contributed by atoms with Gasteiger partial charge in [0.15, 0.2) is 0 Å². The highest BCUT2D eigenvalue weighted by Gasteiger charge is 1.76. The average molecular weight is 125 g/mol. The number of hydrogen-bond donors (Lipinski definition) is 1. The zero-order valence-corrected chi connectivity index (χ0v) is 6.65. The maximum absolute atomic E-state index is 3.04. The van der Waals surface area contributed by atoms with E-state index in [0.29, 0.717) is 0 Å². The van der Waals surface area contributed by atoms with Crippen molar-refractivity contribution in [3.63, 3.8) is 0 Å². The summed E-state index contributed by atoms with van der Waals surface area (Å²) in [6.07, 6.45) is 4.15. The van der Waals surface area contributed by atoms with Crippen LogP contribution in [0.1, 0.15) is 20.8 Å². The molecule has 0 heterocycles. The van der Waals surface area contributed by atoms with Crippen LogP contribution in [0, 0.1) is 0 Å². The summed E-state index contributed by atoms with van der Waals surface area (Å²) in [7, 11) is 1.92. The van der Waals surface area contributed by atoms with Gasteiger partial charge in [0.1, 0.15) is 0 Å². The molecule has 0 fully saturated rings. The molecule has 0 saturated heterocycles. The van der Waals surface area contributed by atoms with Crippen molar-refractivity contribution in [2.24, 2.45) is 0 Å². The first kappa shape index (κ1) is 8.28. The molecule has 0 unspecified atom stereocenters. The fraction of sp³-hybridized carbons (Fsp3) is 0.500. The minimum Gasteiger partial charge on any atom is -0.392 e. The quantitative estimate of drug-likeness (QED) is 0.557. The van der Waals surface area contributed by atoms with E-state index >= 15 is 0 Å². The first-order chi connectivity index (χ1) is 4.16. The van der Waals surface area contributed by atoms with E-state index in [2.05, 4.69) is 31.3 Å². The SMILES string of the molecule is CN/C(C)=C/C=C(C)C. The standard InChI is InChI=1S/C8H15N/c1-7(2)5-6-8(3)9-4/h5-6,9H,1-4H3/b8-6+. The van der Waals surface area contributed by atoms with Crippen LogP contribution >= 0.6 is 0 Å². The number of nitrogens with one attached hydrogen (secondary N) is 1. The van der Waals surface area contributed by atoms with E-state index in [9.17, 15) is 0 Å². The largest absolute Gasteiger partial charge is 0.392 e. The minimum absolute atomic E-state index is 1.19. The van der Waals surface area contributed by atoms with Crippen molar-refractivity contribution in [1.82, 2.24) is 5.32 Å². The van der Waals surface area contributed by atoms with Gasteiger partial charge in [-0.1, -0.05) is 11.6 Å². The van der Waals surface area contributed by atoms with Gasteiger partial charge in [-0.3, -0.25) is 0 Å². The maximum Gasteiger partial charge on any atom is 0.00724 e. The highest BCUT2D eigenvalue weighted by Crippen LogP contribution is 1.91. The van der Waals surface area contributed by atoms with E-state index in [1.807, 2.05) is 14.0 Å². The molecule has 0 aliphatic heterocycles. The summed E-state index contributed by atoms with van der Waals surface area (Å²) in [6, 6.07) is 0. The summed E-state index contributed by atoms with van der Waals surface area (Å²) in [6.45, 7) is 6.21. The Morgan fingerprint density at radius 2 is 1.67 bits per heavy atom. The molecule has 0 aromatic heterocycles. The van der Waals surface area contributed by atoms with Crippen molar-refractivity contribution in [2.75, 3.05) is 7.05 Å². The lowest BCUT2D eigenvalue weighted by Gasteiger charge is -1.94. The molecule has 0 bridgehead atoms. The fourth-order valence-corrected chi connectivity index (χ4v) is 0.375. The summed E-state index contributed by atoms with van der Waals surface area (Å²) < 4.78 is 0. The van der Waals surface area contributed by atoms with E-state index in [0.717, 1.165) is 0 Å². The monoisotopic (exact) mass is 125 g/mol. The van der Waals surface area contributed by atoms with Crippen LogP contribution < -0.4 is 5.32 Å². The van der Waals surface area contributed by atoms with Crippen LogP contribution in [0.2, 0.25) is 0 Å². The summed E-state index contributed by atoms with van der Waals surface area (Å²) in [5, 5.41) is 3.04. The van der Waals surface area contributed by atoms with Crippen LogP contribution in [-0.2, 0) is 0 Å². The molecule has 0 rings (SSSR count). The van der Waals surface area contributed by atoms with Crippen LogP contribution in [0.4, 0.5) is 0 Å². The Labute approximate surface area is 57.5 Å². The van der Waals surface area contributed by atoms with Crippen molar-refractivity contribution >= 4 is 0 Å². The second-order valence-corrected chi connectivity index (χ2v) is 2.34. The molecule has 1 heteroatoms. The Hall–Kier alpha value is -0.720. The van der Waals surface area contributed by atoms with E-state index < -0.39 is 0 Å². The molecule has 0 aromatic carbocycles. The lowest BCUT2D eigenvalue weighted by molar-refractivity contribution is 0.990. The van der Waals surface area contributed by atoms with Gasteiger partial charge in [0.25, 0.3) is 0 Å². The van der Waals surface area contributed by atoms with Gasteiger partial charge in [0.05, 0.1) is 0 Å². The summed E-state index contributed by atoms with van der Waals surface area (Å²) >= 11 is 0. The van der Waals surface area contributed by atoms with Gasteiger partial charge in [0, 0.05) is 12.7 Å². The molecular formula is C8H15N. The molecule has 0 saturated carbocycles. The molecule has 0 atom stereocenters. The summed E-state index contributed by atoms with van der Waals surface area (Å²) in [5.41, 5.74) is 2.51. The maximum atomic E-state index is 3.04. The topological polar surface area (TPSA) is 12.0 Å². The highest BCUT2D eigenvalue weighted by molar-refractivity contribution is 5.12. The zero-order valence-electron chi connectivity index (χ0n) is 6.65. The highest BCUT2D eigenvalue weighted by atomic mass is 14.8. The first-order valence-electron chi connectivity index (χ1n) is 3.16. The lowest BCUT2D eigenvalue weighted by Crippen LogP contribution is -2.00. The van der Waals surface area contributed by atoms with Gasteiger partial charge in [-0.25, -0.2) is 0 Å². The fourth-order valence-electron chi connectivity index (χ4n) is 0.375. The smallest absolute Gasteiger partial charge is 0.00724 e. The van der Waals surface area contributed by atoms with Crippen molar-refractivity contribution in [1.29, 1.82) is 0 Å². The van der Waals surface area contributed by atoms with Crippen LogP contribution in [0.5, 0.6) is 0 Å². The Morgan fingerprint density at radius 3 is 2.00 bits per heavy atom. The second-order valence-electron chi connectivity index (χ2n) is 2.34. The van der Waals surface area contributed by atoms with Gasteiger partial charge >= 0.3 is 0 Å². The van der Waals surface area contributed by atoms with Crippen molar-refractivity contribution in [2.45, 2.75) is 20.8 Å². The predicted octanol–water partition coefficient (Wildman–Crippen LogP) is 2.08.